The maximum atomic E-state index is 13.3. The highest BCUT2D eigenvalue weighted by Crippen LogP contribution is 2.32. The van der Waals surface area contributed by atoms with E-state index in [0.29, 0.717) is 33.8 Å². The number of fused-ring (bicyclic) bond motifs is 2. The van der Waals surface area contributed by atoms with Crippen molar-refractivity contribution < 1.29 is 9.15 Å². The molecule has 0 saturated carbocycles. The molecular formula is C24H20N4O3. The van der Waals surface area contributed by atoms with E-state index in [4.69, 9.17) is 14.1 Å². The predicted molar refractivity (Wildman–Crippen MR) is 121 cm³/mol. The van der Waals surface area contributed by atoms with Crippen LogP contribution in [0.2, 0.25) is 0 Å². The lowest BCUT2D eigenvalue weighted by molar-refractivity contribution is 0.419. The molecule has 2 aromatic carbocycles. The SMILES string of the molecule is CCn1cccc1C=Nn1c(-c2cc3c(OC)cccc3o2)nc2ccccc2c1=O. The van der Waals surface area contributed by atoms with Gasteiger partial charge in [-0.3, -0.25) is 4.79 Å². The molecule has 0 spiro atoms. The fraction of sp³-hybridized carbons (Fsp3) is 0.125. The van der Waals surface area contributed by atoms with Crippen molar-refractivity contribution in [2.24, 2.45) is 5.10 Å². The average molecular weight is 412 g/mol. The van der Waals surface area contributed by atoms with E-state index in [2.05, 4.69) is 5.10 Å². The highest BCUT2D eigenvalue weighted by atomic mass is 16.5. The monoisotopic (exact) mass is 412 g/mol. The molecule has 7 nitrogen and oxygen atoms in total. The summed E-state index contributed by atoms with van der Waals surface area (Å²) in [5.41, 5.74) is 1.85. The Balaban J connectivity index is 1.75. The Morgan fingerprint density at radius 3 is 2.81 bits per heavy atom. The summed E-state index contributed by atoms with van der Waals surface area (Å²) in [6.07, 6.45) is 3.63. The van der Waals surface area contributed by atoms with E-state index in [1.807, 2.05) is 66.2 Å². The Bertz CT molecular complexity index is 1490. The van der Waals surface area contributed by atoms with Gasteiger partial charge in [-0.2, -0.15) is 9.78 Å². The molecule has 0 N–H and O–H groups in total. The summed E-state index contributed by atoms with van der Waals surface area (Å²) >= 11 is 0. The number of aryl methyl sites for hydroxylation is 1. The molecule has 0 fully saturated rings. The maximum Gasteiger partial charge on any atom is 0.282 e. The summed E-state index contributed by atoms with van der Waals surface area (Å²) in [4.78, 5) is 18.0. The molecule has 0 bridgehead atoms. The van der Waals surface area contributed by atoms with Crippen LogP contribution in [0, 0.1) is 0 Å². The van der Waals surface area contributed by atoms with Gasteiger partial charge in [0.05, 0.1) is 35.3 Å². The molecule has 0 radical (unpaired) electrons. The molecule has 5 aromatic rings. The second kappa shape index (κ2) is 7.60. The van der Waals surface area contributed by atoms with Crippen LogP contribution in [0.15, 0.2) is 81.2 Å². The third-order valence-electron chi connectivity index (χ3n) is 5.23. The van der Waals surface area contributed by atoms with Crippen molar-refractivity contribution in [1.82, 2.24) is 14.2 Å². The van der Waals surface area contributed by atoms with Gasteiger partial charge in [-0.25, -0.2) is 4.98 Å². The number of ether oxygens (including phenoxy) is 1. The number of aromatic nitrogens is 3. The zero-order valence-corrected chi connectivity index (χ0v) is 17.1. The van der Waals surface area contributed by atoms with Crippen LogP contribution in [0.3, 0.4) is 0 Å². The predicted octanol–water partition coefficient (Wildman–Crippen LogP) is 4.52. The van der Waals surface area contributed by atoms with E-state index in [0.717, 1.165) is 17.6 Å². The number of hydrogen-bond donors (Lipinski definition) is 0. The van der Waals surface area contributed by atoms with E-state index in [-0.39, 0.29) is 5.56 Å². The summed E-state index contributed by atoms with van der Waals surface area (Å²) in [6.45, 7) is 2.85. The second-order valence-electron chi connectivity index (χ2n) is 7.02. The number of methoxy groups -OCH3 is 1. The number of furan rings is 1. The van der Waals surface area contributed by atoms with E-state index in [1.54, 1.807) is 25.5 Å². The van der Waals surface area contributed by atoms with Gasteiger partial charge in [0, 0.05) is 12.7 Å². The van der Waals surface area contributed by atoms with Crippen LogP contribution in [0.4, 0.5) is 0 Å². The third-order valence-corrected chi connectivity index (χ3v) is 5.23. The third kappa shape index (κ3) is 3.20. The van der Waals surface area contributed by atoms with Gasteiger partial charge in [0.2, 0.25) is 5.82 Å². The molecule has 0 amide bonds. The molecule has 0 atom stereocenters. The first-order valence-electron chi connectivity index (χ1n) is 9.98. The van der Waals surface area contributed by atoms with Gasteiger partial charge >= 0.3 is 0 Å². The molecule has 0 aliphatic heterocycles. The summed E-state index contributed by atoms with van der Waals surface area (Å²) < 4.78 is 14.8. The van der Waals surface area contributed by atoms with Crippen molar-refractivity contribution in [3.8, 4) is 17.3 Å². The minimum absolute atomic E-state index is 0.265. The highest BCUT2D eigenvalue weighted by Gasteiger charge is 2.17. The van der Waals surface area contributed by atoms with E-state index in [1.165, 1.54) is 4.68 Å². The molecule has 0 aliphatic carbocycles. The molecule has 154 valence electrons. The van der Waals surface area contributed by atoms with E-state index < -0.39 is 0 Å². The lowest BCUT2D eigenvalue weighted by Gasteiger charge is -2.07. The first-order chi connectivity index (χ1) is 15.2. The summed E-state index contributed by atoms with van der Waals surface area (Å²) in [6, 6.07) is 18.5. The molecule has 0 aliphatic rings. The van der Waals surface area contributed by atoms with Crippen LogP contribution in [0.5, 0.6) is 5.75 Å². The Morgan fingerprint density at radius 1 is 1.10 bits per heavy atom. The second-order valence-corrected chi connectivity index (χ2v) is 7.02. The summed E-state index contributed by atoms with van der Waals surface area (Å²) in [7, 11) is 1.61. The maximum absolute atomic E-state index is 13.3. The fourth-order valence-electron chi connectivity index (χ4n) is 3.66. The molecule has 0 saturated heterocycles. The summed E-state index contributed by atoms with van der Waals surface area (Å²) in [5.74, 6) is 1.45. The minimum atomic E-state index is -0.265. The van der Waals surface area contributed by atoms with Gasteiger partial charge in [-0.1, -0.05) is 18.2 Å². The van der Waals surface area contributed by atoms with E-state index in [9.17, 15) is 4.79 Å². The van der Waals surface area contributed by atoms with Crippen LogP contribution < -0.4 is 10.3 Å². The first-order valence-corrected chi connectivity index (χ1v) is 9.98. The Labute approximate surface area is 177 Å². The Kier molecular flexibility index (Phi) is 4.63. The van der Waals surface area contributed by atoms with Gasteiger partial charge in [-0.15, -0.1) is 0 Å². The van der Waals surface area contributed by atoms with Gasteiger partial charge in [-0.05, 0) is 49.4 Å². The zero-order valence-electron chi connectivity index (χ0n) is 17.1. The quantitative estimate of drug-likeness (QED) is 0.398. The largest absolute Gasteiger partial charge is 0.496 e. The molecule has 0 unspecified atom stereocenters. The topological polar surface area (TPSA) is 74.6 Å². The van der Waals surface area contributed by atoms with Crippen molar-refractivity contribution in [3.05, 3.63) is 82.9 Å². The van der Waals surface area contributed by atoms with Crippen LogP contribution in [-0.4, -0.2) is 27.6 Å². The standard InChI is InChI=1S/C24H20N4O3/c1-3-27-13-7-8-16(27)15-25-28-23(26-19-10-5-4-9-17(19)24(28)29)22-14-18-20(30-2)11-6-12-21(18)31-22/h4-15H,3H2,1-2H3. The molecule has 7 heteroatoms. The number of hydrogen-bond acceptors (Lipinski definition) is 5. The first kappa shape index (κ1) is 18.9. The number of para-hydroxylation sites is 1. The van der Waals surface area contributed by atoms with Gasteiger partial charge in [0.1, 0.15) is 11.3 Å². The van der Waals surface area contributed by atoms with Gasteiger partial charge < -0.3 is 13.7 Å². The lowest BCUT2D eigenvalue weighted by Crippen LogP contribution is -2.20. The van der Waals surface area contributed by atoms with Crippen molar-refractivity contribution >= 4 is 28.1 Å². The fourth-order valence-corrected chi connectivity index (χ4v) is 3.66. The smallest absolute Gasteiger partial charge is 0.282 e. The molecule has 5 rings (SSSR count). The van der Waals surface area contributed by atoms with Crippen LogP contribution in [0.25, 0.3) is 33.5 Å². The number of benzene rings is 2. The minimum Gasteiger partial charge on any atom is -0.496 e. The normalized spacial score (nSPS) is 11.7. The van der Waals surface area contributed by atoms with Crippen molar-refractivity contribution in [2.75, 3.05) is 7.11 Å². The lowest BCUT2D eigenvalue weighted by atomic mass is 10.2. The molecule has 3 heterocycles. The molecule has 3 aromatic heterocycles. The van der Waals surface area contributed by atoms with Gasteiger partial charge in [0.15, 0.2) is 5.76 Å². The van der Waals surface area contributed by atoms with Crippen molar-refractivity contribution in [3.63, 3.8) is 0 Å². The van der Waals surface area contributed by atoms with Crippen LogP contribution in [-0.2, 0) is 6.54 Å². The zero-order chi connectivity index (χ0) is 21.4. The molecule has 31 heavy (non-hydrogen) atoms. The Morgan fingerprint density at radius 2 is 1.97 bits per heavy atom. The number of nitrogens with zero attached hydrogens (tertiary/aromatic N) is 4. The van der Waals surface area contributed by atoms with Crippen molar-refractivity contribution in [1.29, 1.82) is 0 Å². The Hall–Kier alpha value is -4.13. The number of rotatable bonds is 5. The van der Waals surface area contributed by atoms with E-state index >= 15 is 0 Å². The molecular weight excluding hydrogens is 392 g/mol. The highest BCUT2D eigenvalue weighted by molar-refractivity contribution is 5.88. The summed E-state index contributed by atoms with van der Waals surface area (Å²) in [5, 5.41) is 5.79. The average Bonchev–Trinajstić information content (AvgIpc) is 3.44. The van der Waals surface area contributed by atoms with Crippen molar-refractivity contribution in [2.45, 2.75) is 13.5 Å². The van der Waals surface area contributed by atoms with Gasteiger partial charge in [0.25, 0.3) is 5.56 Å². The van der Waals surface area contributed by atoms with Crippen LogP contribution >= 0.6 is 0 Å². The van der Waals surface area contributed by atoms with Crippen LogP contribution in [0.1, 0.15) is 12.6 Å².